The van der Waals surface area contributed by atoms with Crippen LogP contribution in [-0.4, -0.2) is 58.0 Å². The quantitative estimate of drug-likeness (QED) is 0.486. The van der Waals surface area contributed by atoms with Gasteiger partial charge in [0.05, 0.1) is 12.7 Å². The first-order valence-electron chi connectivity index (χ1n) is 9.82. The van der Waals surface area contributed by atoms with Crippen LogP contribution < -0.4 is 14.8 Å². The Morgan fingerprint density at radius 1 is 1.06 bits per heavy atom. The van der Waals surface area contributed by atoms with Gasteiger partial charge in [0.1, 0.15) is 16.4 Å². The Morgan fingerprint density at radius 3 is 2.24 bits per heavy atom. The molecule has 0 aliphatic heterocycles. The summed E-state index contributed by atoms with van der Waals surface area (Å²) in [5, 5.41) is 2.43. The van der Waals surface area contributed by atoms with Gasteiger partial charge in [0.2, 0.25) is 10.0 Å². The first-order chi connectivity index (χ1) is 15.6. The molecule has 2 aromatic rings. The van der Waals surface area contributed by atoms with Crippen LogP contribution >= 0.6 is 0 Å². The molecule has 0 radical (unpaired) electrons. The number of sulfonamides is 1. The summed E-state index contributed by atoms with van der Waals surface area (Å²) in [4.78, 5) is 24.2. The third kappa shape index (κ3) is 6.86. The van der Waals surface area contributed by atoms with Gasteiger partial charge in [-0.25, -0.2) is 13.2 Å². The van der Waals surface area contributed by atoms with Crippen molar-refractivity contribution < 1.29 is 41.0 Å². The SMILES string of the molecule is CCN(CC)S(=O)(=O)c1cc(C(=O)OCC(=O)Nc2ccc(OC(F)F)cc2)ccc1OC. The molecule has 0 fully saturated rings. The molecule has 0 bridgehead atoms. The maximum absolute atomic E-state index is 12.9. The Bertz CT molecular complexity index is 1070. The number of nitrogens with zero attached hydrogens (tertiary/aromatic N) is 1. The molecule has 33 heavy (non-hydrogen) atoms. The lowest BCUT2D eigenvalue weighted by Crippen LogP contribution is -2.31. The normalized spacial score (nSPS) is 11.4. The molecule has 12 heteroatoms. The van der Waals surface area contributed by atoms with E-state index < -0.39 is 35.1 Å². The van der Waals surface area contributed by atoms with Crippen LogP contribution in [0.15, 0.2) is 47.4 Å². The summed E-state index contributed by atoms with van der Waals surface area (Å²) in [5.74, 6) is -1.61. The van der Waals surface area contributed by atoms with Crippen LogP contribution in [0.1, 0.15) is 24.2 Å². The molecule has 0 atom stereocenters. The fourth-order valence-corrected chi connectivity index (χ4v) is 4.48. The number of benzene rings is 2. The van der Waals surface area contributed by atoms with Crippen LogP contribution in [0.5, 0.6) is 11.5 Å². The van der Waals surface area contributed by atoms with Gasteiger partial charge in [-0.2, -0.15) is 13.1 Å². The number of anilines is 1. The third-order valence-corrected chi connectivity index (χ3v) is 6.49. The third-order valence-electron chi connectivity index (χ3n) is 4.42. The van der Waals surface area contributed by atoms with Crippen molar-refractivity contribution in [1.29, 1.82) is 0 Å². The minimum Gasteiger partial charge on any atom is -0.495 e. The van der Waals surface area contributed by atoms with E-state index in [1.807, 2.05) is 0 Å². The van der Waals surface area contributed by atoms with Crippen LogP contribution in [0.4, 0.5) is 14.5 Å². The van der Waals surface area contributed by atoms with E-state index in [-0.39, 0.29) is 40.7 Å². The van der Waals surface area contributed by atoms with Crippen molar-refractivity contribution in [1.82, 2.24) is 4.31 Å². The van der Waals surface area contributed by atoms with E-state index in [0.29, 0.717) is 0 Å². The Morgan fingerprint density at radius 2 is 1.70 bits per heavy atom. The van der Waals surface area contributed by atoms with Crippen LogP contribution in [0.3, 0.4) is 0 Å². The molecule has 0 saturated heterocycles. The number of esters is 1. The number of carbonyl (C=O) groups excluding carboxylic acids is 2. The van der Waals surface area contributed by atoms with Crippen LogP contribution in [0, 0.1) is 0 Å². The number of nitrogens with one attached hydrogen (secondary N) is 1. The summed E-state index contributed by atoms with van der Waals surface area (Å²) in [6, 6.07) is 8.94. The monoisotopic (exact) mass is 486 g/mol. The van der Waals surface area contributed by atoms with E-state index in [1.54, 1.807) is 13.8 Å². The second-order valence-corrected chi connectivity index (χ2v) is 8.39. The smallest absolute Gasteiger partial charge is 0.387 e. The van der Waals surface area contributed by atoms with Crippen molar-refractivity contribution in [3.05, 3.63) is 48.0 Å². The highest BCUT2D eigenvalue weighted by Gasteiger charge is 2.27. The van der Waals surface area contributed by atoms with E-state index in [0.717, 1.165) is 6.07 Å². The van der Waals surface area contributed by atoms with Gasteiger partial charge in [-0.3, -0.25) is 4.79 Å². The maximum atomic E-state index is 12.9. The van der Waals surface area contributed by atoms with Gasteiger partial charge in [-0.15, -0.1) is 0 Å². The van der Waals surface area contributed by atoms with Gasteiger partial charge in [0.15, 0.2) is 6.61 Å². The predicted octanol–water partition coefficient (Wildman–Crippen LogP) is 3.12. The van der Waals surface area contributed by atoms with Crippen molar-refractivity contribution in [2.75, 3.05) is 32.1 Å². The standard InChI is InChI=1S/C21H24F2N2O7S/c1-4-25(5-2)33(28,29)18-12-14(6-11-17(18)30-3)20(27)31-13-19(26)24-15-7-9-16(10-8-15)32-21(22)23/h6-12,21H,4-5,13H2,1-3H3,(H,24,26). The average molecular weight is 486 g/mol. The summed E-state index contributed by atoms with van der Waals surface area (Å²) in [5.41, 5.74) is 0.192. The second-order valence-electron chi connectivity index (χ2n) is 6.48. The topological polar surface area (TPSA) is 111 Å². The predicted molar refractivity (Wildman–Crippen MR) is 115 cm³/mol. The minimum atomic E-state index is -3.92. The van der Waals surface area contributed by atoms with Crippen molar-refractivity contribution >= 4 is 27.6 Å². The number of ether oxygens (including phenoxy) is 3. The molecule has 0 aromatic heterocycles. The number of carbonyl (C=O) groups is 2. The Kier molecular flexibility index (Phi) is 9.12. The highest BCUT2D eigenvalue weighted by molar-refractivity contribution is 7.89. The lowest BCUT2D eigenvalue weighted by molar-refractivity contribution is -0.119. The zero-order valence-corrected chi connectivity index (χ0v) is 19.0. The lowest BCUT2D eigenvalue weighted by Gasteiger charge is -2.20. The molecule has 1 amide bonds. The first-order valence-corrected chi connectivity index (χ1v) is 11.3. The van der Waals surface area contributed by atoms with Gasteiger partial charge < -0.3 is 19.5 Å². The number of hydrogen-bond donors (Lipinski definition) is 1. The number of methoxy groups -OCH3 is 1. The molecule has 0 spiro atoms. The number of rotatable bonds is 11. The Balaban J connectivity index is 2.07. The fourth-order valence-electron chi connectivity index (χ4n) is 2.84. The van der Waals surface area contributed by atoms with E-state index in [4.69, 9.17) is 9.47 Å². The highest BCUT2D eigenvalue weighted by Crippen LogP contribution is 2.28. The van der Waals surface area contributed by atoms with E-state index in [2.05, 4.69) is 10.1 Å². The molecule has 2 aromatic carbocycles. The van der Waals surface area contributed by atoms with Crippen molar-refractivity contribution in [2.24, 2.45) is 0 Å². The molecular formula is C21H24F2N2O7S. The molecule has 0 saturated carbocycles. The van der Waals surface area contributed by atoms with E-state index >= 15 is 0 Å². The Hall–Kier alpha value is -3.25. The van der Waals surface area contributed by atoms with Gasteiger partial charge in [0, 0.05) is 18.8 Å². The number of alkyl halides is 2. The molecule has 0 heterocycles. The second kappa shape index (κ2) is 11.6. The molecule has 2 rings (SSSR count). The summed E-state index contributed by atoms with van der Waals surface area (Å²) < 4.78 is 65.6. The Labute approximate surface area is 190 Å². The minimum absolute atomic E-state index is 0.0652. The van der Waals surface area contributed by atoms with Gasteiger partial charge in [0.25, 0.3) is 5.91 Å². The van der Waals surface area contributed by atoms with Crippen LogP contribution in [0.25, 0.3) is 0 Å². The first kappa shape index (κ1) is 26.0. The maximum Gasteiger partial charge on any atom is 0.387 e. The zero-order chi connectivity index (χ0) is 24.6. The summed E-state index contributed by atoms with van der Waals surface area (Å²) in [7, 11) is -2.61. The molecular weight excluding hydrogens is 462 g/mol. The molecule has 9 nitrogen and oxygen atoms in total. The molecule has 0 unspecified atom stereocenters. The zero-order valence-electron chi connectivity index (χ0n) is 18.2. The summed E-state index contributed by atoms with van der Waals surface area (Å²) >= 11 is 0. The van der Waals surface area contributed by atoms with Crippen molar-refractivity contribution in [2.45, 2.75) is 25.4 Å². The van der Waals surface area contributed by atoms with E-state index in [9.17, 15) is 26.8 Å². The molecule has 0 aliphatic rings. The lowest BCUT2D eigenvalue weighted by atomic mass is 10.2. The number of halogens is 2. The molecule has 0 aliphatic carbocycles. The fraction of sp³-hybridized carbons (Fsp3) is 0.333. The van der Waals surface area contributed by atoms with E-state index in [1.165, 1.54) is 47.8 Å². The molecule has 1 N–H and O–H groups in total. The van der Waals surface area contributed by atoms with Crippen molar-refractivity contribution in [3.63, 3.8) is 0 Å². The highest BCUT2D eigenvalue weighted by atomic mass is 32.2. The summed E-state index contributed by atoms with van der Waals surface area (Å²) in [6.07, 6.45) is 0. The summed E-state index contributed by atoms with van der Waals surface area (Å²) in [6.45, 7) is 0.203. The largest absolute Gasteiger partial charge is 0.495 e. The van der Waals surface area contributed by atoms with Gasteiger partial charge in [-0.1, -0.05) is 13.8 Å². The van der Waals surface area contributed by atoms with Crippen LogP contribution in [-0.2, 0) is 19.6 Å². The van der Waals surface area contributed by atoms with Gasteiger partial charge in [-0.05, 0) is 42.5 Å². The van der Waals surface area contributed by atoms with Crippen LogP contribution in [0.2, 0.25) is 0 Å². The molecule has 180 valence electrons. The van der Waals surface area contributed by atoms with Gasteiger partial charge >= 0.3 is 12.6 Å². The number of hydrogen-bond acceptors (Lipinski definition) is 7. The number of amides is 1. The van der Waals surface area contributed by atoms with Crippen molar-refractivity contribution in [3.8, 4) is 11.5 Å². The average Bonchev–Trinajstić information content (AvgIpc) is 2.78.